The minimum absolute atomic E-state index is 0.0487. The number of hydrogen-bond acceptors (Lipinski definition) is 11. The van der Waals surface area contributed by atoms with Crippen molar-refractivity contribution in [2.75, 3.05) is 0 Å². The second-order valence-electron chi connectivity index (χ2n) is 7.34. The molecule has 0 amide bonds. The number of nitrogens with two attached hydrogens (primary N) is 3. The first kappa shape index (κ1) is 24.8. The summed E-state index contributed by atoms with van der Waals surface area (Å²) in [4.78, 5) is 67.1. The van der Waals surface area contributed by atoms with Gasteiger partial charge in [0.1, 0.15) is 0 Å². The fraction of sp³-hybridized carbons (Fsp3) is 0.750. The number of carbonyl (C=O) groups excluding carboxylic acids is 4. The Bertz CT molecular complexity index is 593. The Morgan fingerprint density at radius 3 is 1.52 bits per heavy atom. The normalized spacial score (nSPS) is 15.6. The molecule has 2 unspecified atom stereocenters. The van der Waals surface area contributed by atoms with Crippen LogP contribution in [0.15, 0.2) is 5.34 Å². The van der Waals surface area contributed by atoms with Gasteiger partial charge in [0.05, 0.1) is 0 Å². The Hall–Kier alpha value is -2.24. The van der Waals surface area contributed by atoms with Crippen LogP contribution in [0.3, 0.4) is 0 Å². The van der Waals surface area contributed by atoms with Crippen molar-refractivity contribution in [3.63, 3.8) is 0 Å². The maximum Gasteiger partial charge on any atom is 0.365 e. The molecular formula is C16H28N4O7. The zero-order chi connectivity index (χ0) is 21.4. The molecule has 11 heteroatoms. The number of hydrogen-bond donors (Lipinski definition) is 3. The summed E-state index contributed by atoms with van der Waals surface area (Å²) >= 11 is 0. The van der Waals surface area contributed by atoms with Crippen molar-refractivity contribution < 1.29 is 28.9 Å². The lowest BCUT2D eigenvalue weighted by atomic mass is 9.80. The van der Waals surface area contributed by atoms with Gasteiger partial charge < -0.3 is 16.3 Å². The van der Waals surface area contributed by atoms with E-state index in [4.69, 9.17) is 17.4 Å². The molecule has 0 aliphatic heterocycles. The molecule has 2 atom stereocenters. The fourth-order valence-corrected chi connectivity index (χ4v) is 2.80. The Labute approximate surface area is 157 Å². The summed E-state index contributed by atoms with van der Waals surface area (Å²) in [6.45, 7) is 6.87. The second-order valence-corrected chi connectivity index (χ2v) is 7.34. The van der Waals surface area contributed by atoms with E-state index in [1.165, 1.54) is 0 Å². The first-order chi connectivity index (χ1) is 12.3. The van der Waals surface area contributed by atoms with Gasteiger partial charge >= 0.3 is 11.9 Å². The predicted molar refractivity (Wildman–Crippen MR) is 94.2 cm³/mol. The summed E-state index contributed by atoms with van der Waals surface area (Å²) in [5.41, 5.74) is 7.57. The second kappa shape index (κ2) is 10.2. The third-order valence-corrected chi connectivity index (χ3v) is 3.99. The smallest absolute Gasteiger partial charge is 0.365 e. The minimum Gasteiger partial charge on any atom is -0.372 e. The molecule has 0 aliphatic carbocycles. The molecule has 27 heavy (non-hydrogen) atoms. The molecule has 0 rings (SSSR count). The zero-order valence-corrected chi connectivity index (χ0v) is 16.0. The van der Waals surface area contributed by atoms with Crippen LogP contribution in [-0.4, -0.2) is 34.6 Å². The summed E-state index contributed by atoms with van der Waals surface area (Å²) in [6.07, 6.45) is -1.15. The van der Waals surface area contributed by atoms with Crippen molar-refractivity contribution in [2.45, 2.75) is 64.5 Å². The molecule has 0 aliphatic rings. The first-order valence-electron chi connectivity index (χ1n) is 8.44. The van der Waals surface area contributed by atoms with Crippen molar-refractivity contribution in [2.24, 2.45) is 34.5 Å². The van der Waals surface area contributed by atoms with Crippen LogP contribution < -0.4 is 17.4 Å². The van der Waals surface area contributed by atoms with Gasteiger partial charge in [0.25, 0.3) is 0 Å². The summed E-state index contributed by atoms with van der Waals surface area (Å²) in [5.74, 6) is 0.450. The average Bonchev–Trinajstić information content (AvgIpc) is 2.56. The topological polar surface area (TPSA) is 194 Å². The quantitative estimate of drug-likeness (QED) is 0.233. The highest BCUT2D eigenvalue weighted by molar-refractivity contribution is 6.12. The molecule has 0 saturated heterocycles. The van der Waals surface area contributed by atoms with Gasteiger partial charge in [-0.2, -0.15) is 5.90 Å². The van der Waals surface area contributed by atoms with Gasteiger partial charge in [-0.1, -0.05) is 27.7 Å². The number of ketones is 2. The molecule has 154 valence electrons. The average molecular weight is 388 g/mol. The van der Waals surface area contributed by atoms with Crippen LogP contribution in [0.1, 0.15) is 53.4 Å². The monoisotopic (exact) mass is 388 g/mol. The van der Waals surface area contributed by atoms with Crippen molar-refractivity contribution in [1.29, 1.82) is 0 Å². The summed E-state index contributed by atoms with van der Waals surface area (Å²) in [6, 6.07) is 0. The Morgan fingerprint density at radius 2 is 1.22 bits per heavy atom. The van der Waals surface area contributed by atoms with E-state index >= 15 is 0 Å². The van der Waals surface area contributed by atoms with Crippen molar-refractivity contribution >= 4 is 23.5 Å². The standard InChI is InChI=1S/C16H28N4O7/c1-9(2)7-15(17,13(23)26-19)11(21)5-6-12(22)16(18,8-10(3)4)14(24)27-20-25/h9-10H,5-8,17-19H2,1-4H3. The number of carbonyl (C=O) groups is 4. The molecule has 0 fully saturated rings. The van der Waals surface area contributed by atoms with Gasteiger partial charge in [-0.15, -0.1) is 4.91 Å². The maximum atomic E-state index is 12.5. The minimum atomic E-state index is -2.15. The Morgan fingerprint density at radius 1 is 0.852 bits per heavy atom. The molecular weight excluding hydrogens is 360 g/mol. The molecule has 0 aromatic heterocycles. The number of Topliss-reactive ketones (excluding diaryl/α,β-unsaturated/α-hetero) is 2. The Kier molecular flexibility index (Phi) is 9.34. The SMILES string of the molecule is CC(C)CC(N)(C(=O)CCC(=O)C(N)(CC(C)C)C(=O)ON=O)C(=O)ON. The highest BCUT2D eigenvalue weighted by atomic mass is 16.7. The van der Waals surface area contributed by atoms with E-state index in [0.717, 1.165) is 0 Å². The summed E-state index contributed by atoms with van der Waals surface area (Å²) < 4.78 is 0. The van der Waals surface area contributed by atoms with E-state index in [-0.39, 0.29) is 24.7 Å². The molecule has 11 nitrogen and oxygen atoms in total. The van der Waals surface area contributed by atoms with Gasteiger partial charge in [0.2, 0.25) is 0 Å². The molecule has 0 aromatic rings. The van der Waals surface area contributed by atoms with Crippen molar-refractivity contribution in [3.05, 3.63) is 4.91 Å². The highest BCUT2D eigenvalue weighted by Crippen LogP contribution is 2.23. The molecule has 0 bridgehead atoms. The van der Waals surface area contributed by atoms with Crippen molar-refractivity contribution in [1.82, 2.24) is 0 Å². The lowest BCUT2D eigenvalue weighted by molar-refractivity contribution is -0.158. The first-order valence-corrected chi connectivity index (χ1v) is 8.44. The van der Waals surface area contributed by atoms with E-state index in [0.29, 0.717) is 0 Å². The lowest BCUT2D eigenvalue weighted by Crippen LogP contribution is -2.58. The van der Waals surface area contributed by atoms with Gasteiger partial charge in [0.15, 0.2) is 28.0 Å². The van der Waals surface area contributed by atoms with Crippen LogP contribution in [0.25, 0.3) is 0 Å². The molecule has 0 aromatic carbocycles. The summed E-state index contributed by atoms with van der Waals surface area (Å²) in [5, 5.41) is 2.00. The van der Waals surface area contributed by atoms with E-state index in [2.05, 4.69) is 9.68 Å². The van der Waals surface area contributed by atoms with E-state index in [1.807, 2.05) is 5.34 Å². The van der Waals surface area contributed by atoms with Crippen LogP contribution in [0.2, 0.25) is 0 Å². The molecule has 0 saturated carbocycles. The maximum absolute atomic E-state index is 12.5. The lowest BCUT2D eigenvalue weighted by Gasteiger charge is -2.28. The molecule has 6 N–H and O–H groups in total. The largest absolute Gasteiger partial charge is 0.372 e. The predicted octanol–water partition coefficient (Wildman–Crippen LogP) is 0.0335. The van der Waals surface area contributed by atoms with E-state index in [9.17, 15) is 24.1 Å². The Balaban J connectivity index is 5.40. The van der Waals surface area contributed by atoms with Crippen LogP contribution in [-0.2, 0) is 28.9 Å². The highest BCUT2D eigenvalue weighted by Gasteiger charge is 2.47. The van der Waals surface area contributed by atoms with E-state index in [1.54, 1.807) is 27.7 Å². The van der Waals surface area contributed by atoms with Crippen LogP contribution in [0, 0.1) is 16.7 Å². The zero-order valence-electron chi connectivity index (χ0n) is 16.0. The summed E-state index contributed by atoms with van der Waals surface area (Å²) in [7, 11) is 0. The fourth-order valence-electron chi connectivity index (χ4n) is 2.80. The van der Waals surface area contributed by atoms with Crippen LogP contribution >= 0.6 is 0 Å². The number of rotatable bonds is 12. The molecule has 0 spiro atoms. The van der Waals surface area contributed by atoms with Gasteiger partial charge in [-0.3, -0.25) is 14.4 Å². The third-order valence-electron chi connectivity index (χ3n) is 3.99. The van der Waals surface area contributed by atoms with Gasteiger partial charge in [0, 0.05) is 12.8 Å². The number of nitrogens with zero attached hydrogens (tertiary/aromatic N) is 1. The molecule has 0 radical (unpaired) electrons. The van der Waals surface area contributed by atoms with Crippen molar-refractivity contribution in [3.8, 4) is 0 Å². The van der Waals surface area contributed by atoms with Gasteiger partial charge in [-0.05, 0) is 24.7 Å². The van der Waals surface area contributed by atoms with E-state index < -0.39 is 47.4 Å². The van der Waals surface area contributed by atoms with Crippen LogP contribution in [0.5, 0.6) is 0 Å². The van der Waals surface area contributed by atoms with Crippen LogP contribution in [0.4, 0.5) is 0 Å². The molecule has 0 heterocycles. The third kappa shape index (κ3) is 6.45. The van der Waals surface area contributed by atoms with Gasteiger partial charge in [-0.25, -0.2) is 9.59 Å².